The van der Waals surface area contributed by atoms with Gasteiger partial charge in [0.25, 0.3) is 0 Å². The van der Waals surface area contributed by atoms with E-state index in [2.05, 4.69) is 5.32 Å². The van der Waals surface area contributed by atoms with E-state index >= 15 is 0 Å². The van der Waals surface area contributed by atoms with Gasteiger partial charge < -0.3 is 15.3 Å². The maximum atomic E-state index is 11.9. The summed E-state index contributed by atoms with van der Waals surface area (Å²) >= 11 is 1.51. The van der Waals surface area contributed by atoms with E-state index in [1.165, 1.54) is 16.7 Å². The molecule has 108 valence electrons. The van der Waals surface area contributed by atoms with Crippen molar-refractivity contribution < 1.29 is 14.7 Å². The number of hydrogen-bond acceptors (Lipinski definition) is 4. The predicted octanol–water partition coefficient (Wildman–Crippen LogP) is 0.239. The van der Waals surface area contributed by atoms with Crippen molar-refractivity contribution in [2.45, 2.75) is 12.5 Å². The Hall–Kier alpha value is -1.53. The van der Waals surface area contributed by atoms with E-state index in [1.807, 2.05) is 30.3 Å². The van der Waals surface area contributed by atoms with Crippen LogP contribution in [0.25, 0.3) is 0 Å². The van der Waals surface area contributed by atoms with E-state index in [0.717, 1.165) is 5.56 Å². The van der Waals surface area contributed by atoms with Crippen molar-refractivity contribution in [3.63, 3.8) is 0 Å². The average Bonchev–Trinajstić information content (AvgIpc) is 2.84. The van der Waals surface area contributed by atoms with E-state index in [9.17, 15) is 14.7 Å². The Bertz CT molecular complexity index is 467. The van der Waals surface area contributed by atoms with Gasteiger partial charge in [0.15, 0.2) is 0 Å². The third-order valence-electron chi connectivity index (χ3n) is 3.07. The van der Waals surface area contributed by atoms with Gasteiger partial charge in [0.05, 0.1) is 24.3 Å². The third-order valence-corrected chi connectivity index (χ3v) is 4.02. The number of hydrogen-bond donors (Lipinski definition) is 2. The van der Waals surface area contributed by atoms with Crippen LogP contribution in [0.2, 0.25) is 0 Å². The number of thioether (sulfide) groups is 1. The molecule has 5 nitrogen and oxygen atoms in total. The highest BCUT2D eigenvalue weighted by Gasteiger charge is 2.23. The molecular formula is C14H18N2O3S. The molecular weight excluding hydrogens is 276 g/mol. The number of aliphatic hydroxyl groups excluding tert-OH is 1. The molecule has 20 heavy (non-hydrogen) atoms. The lowest BCUT2D eigenvalue weighted by atomic mass is 10.1. The molecule has 0 bridgehead atoms. The molecule has 1 aliphatic heterocycles. The molecule has 6 heteroatoms. The maximum absolute atomic E-state index is 11.9. The molecule has 2 N–H and O–H groups in total. The Labute approximate surface area is 122 Å². The number of rotatable bonds is 6. The molecule has 0 saturated carbocycles. The Morgan fingerprint density at radius 1 is 1.40 bits per heavy atom. The summed E-state index contributed by atoms with van der Waals surface area (Å²) in [4.78, 5) is 24.8. The normalized spacial score (nSPS) is 16.2. The number of benzene rings is 1. The minimum atomic E-state index is -0.324. The molecule has 0 aliphatic carbocycles. The SMILES string of the molecule is O=C(CN1CSCC1=O)NC(CO)Cc1ccccc1. The largest absolute Gasteiger partial charge is 0.394 e. The highest BCUT2D eigenvalue weighted by atomic mass is 32.2. The van der Waals surface area contributed by atoms with Gasteiger partial charge in [-0.25, -0.2) is 0 Å². The molecule has 0 aromatic heterocycles. The second-order valence-corrected chi connectivity index (χ2v) is 5.66. The predicted molar refractivity (Wildman–Crippen MR) is 78.2 cm³/mol. The molecule has 1 saturated heterocycles. The third kappa shape index (κ3) is 4.25. The van der Waals surface area contributed by atoms with Crippen LogP contribution in [-0.2, 0) is 16.0 Å². The number of carbonyl (C=O) groups excluding carboxylic acids is 2. The molecule has 1 unspecified atom stereocenters. The zero-order chi connectivity index (χ0) is 14.4. The first kappa shape index (κ1) is 14.9. The minimum absolute atomic E-state index is 0.00578. The summed E-state index contributed by atoms with van der Waals surface area (Å²) in [6.45, 7) is -0.0551. The van der Waals surface area contributed by atoms with Crippen LogP contribution in [0.5, 0.6) is 0 Å². The van der Waals surface area contributed by atoms with Gasteiger partial charge in [-0.2, -0.15) is 0 Å². The Kier molecular flexibility index (Phi) is 5.43. The van der Waals surface area contributed by atoms with Crippen molar-refractivity contribution in [3.05, 3.63) is 35.9 Å². The number of carbonyl (C=O) groups is 2. The van der Waals surface area contributed by atoms with Gasteiger partial charge in [0.2, 0.25) is 11.8 Å². The van der Waals surface area contributed by atoms with Crippen molar-refractivity contribution >= 4 is 23.6 Å². The number of aliphatic hydroxyl groups is 1. The van der Waals surface area contributed by atoms with Crippen LogP contribution in [-0.4, -0.2) is 52.6 Å². The molecule has 1 aromatic carbocycles. The van der Waals surface area contributed by atoms with Gasteiger partial charge in [-0.05, 0) is 12.0 Å². The van der Waals surface area contributed by atoms with E-state index in [0.29, 0.717) is 18.1 Å². The zero-order valence-corrected chi connectivity index (χ0v) is 11.9. The Morgan fingerprint density at radius 3 is 2.75 bits per heavy atom. The van der Waals surface area contributed by atoms with E-state index in [4.69, 9.17) is 0 Å². The molecule has 2 amide bonds. The number of nitrogens with one attached hydrogen (secondary N) is 1. The average molecular weight is 294 g/mol. The lowest BCUT2D eigenvalue weighted by Crippen LogP contribution is -2.45. The van der Waals surface area contributed by atoms with Crippen molar-refractivity contribution in [2.24, 2.45) is 0 Å². The maximum Gasteiger partial charge on any atom is 0.239 e. The monoisotopic (exact) mass is 294 g/mol. The smallest absolute Gasteiger partial charge is 0.239 e. The second kappa shape index (κ2) is 7.31. The highest BCUT2D eigenvalue weighted by molar-refractivity contribution is 8.00. The minimum Gasteiger partial charge on any atom is -0.394 e. The number of nitrogens with zero attached hydrogens (tertiary/aromatic N) is 1. The molecule has 1 atom stereocenters. The van der Waals surface area contributed by atoms with Gasteiger partial charge in [-0.1, -0.05) is 30.3 Å². The van der Waals surface area contributed by atoms with Crippen LogP contribution in [0.15, 0.2) is 30.3 Å². The summed E-state index contributed by atoms with van der Waals surface area (Å²) in [5.41, 5.74) is 1.06. The first-order valence-corrected chi connectivity index (χ1v) is 7.64. The fraction of sp³-hybridized carbons (Fsp3) is 0.429. The van der Waals surface area contributed by atoms with Gasteiger partial charge in [-0.3, -0.25) is 9.59 Å². The fourth-order valence-corrected chi connectivity index (χ4v) is 2.95. The molecule has 2 rings (SSSR count). The van der Waals surface area contributed by atoms with E-state index in [1.54, 1.807) is 0 Å². The van der Waals surface area contributed by atoms with Gasteiger partial charge in [-0.15, -0.1) is 11.8 Å². The lowest BCUT2D eigenvalue weighted by molar-refractivity contribution is -0.132. The van der Waals surface area contributed by atoms with Crippen LogP contribution >= 0.6 is 11.8 Å². The van der Waals surface area contributed by atoms with Crippen LogP contribution in [0.3, 0.4) is 0 Å². The topological polar surface area (TPSA) is 69.6 Å². The van der Waals surface area contributed by atoms with Crippen molar-refractivity contribution in [2.75, 3.05) is 24.8 Å². The summed E-state index contributed by atoms with van der Waals surface area (Å²) in [6.07, 6.45) is 0.575. The molecule has 1 heterocycles. The van der Waals surface area contributed by atoms with E-state index in [-0.39, 0.29) is 31.0 Å². The molecule has 1 aliphatic rings. The first-order chi connectivity index (χ1) is 9.69. The molecule has 0 radical (unpaired) electrons. The highest BCUT2D eigenvalue weighted by Crippen LogP contribution is 2.14. The summed E-state index contributed by atoms with van der Waals surface area (Å²) in [7, 11) is 0. The molecule has 1 fully saturated rings. The summed E-state index contributed by atoms with van der Waals surface area (Å²) in [5.74, 6) is 0.778. The number of amides is 2. The molecule has 0 spiro atoms. The second-order valence-electron chi connectivity index (χ2n) is 4.71. The standard InChI is InChI=1S/C14H18N2O3S/c17-8-12(6-11-4-2-1-3-5-11)15-13(18)7-16-10-20-9-14(16)19/h1-5,12,17H,6-10H2,(H,15,18). The van der Waals surface area contributed by atoms with Crippen LogP contribution in [0.4, 0.5) is 0 Å². The molecule has 1 aromatic rings. The quantitative estimate of drug-likeness (QED) is 0.788. The van der Waals surface area contributed by atoms with Gasteiger partial charge in [0.1, 0.15) is 6.54 Å². The lowest BCUT2D eigenvalue weighted by Gasteiger charge is -2.19. The van der Waals surface area contributed by atoms with Crippen molar-refractivity contribution in [1.82, 2.24) is 10.2 Å². The van der Waals surface area contributed by atoms with Crippen molar-refractivity contribution in [3.8, 4) is 0 Å². The summed E-state index contributed by atoms with van der Waals surface area (Å²) in [6, 6.07) is 9.35. The van der Waals surface area contributed by atoms with Gasteiger partial charge in [0, 0.05) is 0 Å². The van der Waals surface area contributed by atoms with Crippen LogP contribution < -0.4 is 5.32 Å². The van der Waals surface area contributed by atoms with Crippen molar-refractivity contribution in [1.29, 1.82) is 0 Å². The Balaban J connectivity index is 1.83. The fourth-order valence-electron chi connectivity index (χ4n) is 2.05. The summed E-state index contributed by atoms with van der Waals surface area (Å²) < 4.78 is 0. The Morgan fingerprint density at radius 2 is 2.15 bits per heavy atom. The van der Waals surface area contributed by atoms with Gasteiger partial charge >= 0.3 is 0 Å². The summed E-state index contributed by atoms with van der Waals surface area (Å²) in [5, 5.41) is 12.1. The zero-order valence-electron chi connectivity index (χ0n) is 11.1. The first-order valence-electron chi connectivity index (χ1n) is 6.48. The van der Waals surface area contributed by atoms with Crippen LogP contribution in [0.1, 0.15) is 5.56 Å². The van der Waals surface area contributed by atoms with E-state index < -0.39 is 0 Å². The van der Waals surface area contributed by atoms with Crippen LogP contribution in [0, 0.1) is 0 Å².